The second kappa shape index (κ2) is 4.94. The Bertz CT molecular complexity index is 375. The predicted molar refractivity (Wildman–Crippen MR) is 62.6 cm³/mol. The molecule has 0 amide bonds. The van der Waals surface area contributed by atoms with Gasteiger partial charge in [0.15, 0.2) is 12.5 Å². The Morgan fingerprint density at radius 1 is 1.38 bits per heavy atom. The van der Waals surface area contributed by atoms with Gasteiger partial charge in [0.25, 0.3) is 0 Å². The van der Waals surface area contributed by atoms with Crippen LogP contribution in [0.2, 0.25) is 0 Å². The van der Waals surface area contributed by atoms with E-state index in [0.717, 1.165) is 18.4 Å². The highest BCUT2D eigenvalue weighted by Crippen LogP contribution is 2.15. The van der Waals surface area contributed by atoms with Gasteiger partial charge in [-0.25, -0.2) is 0 Å². The van der Waals surface area contributed by atoms with E-state index in [4.69, 9.17) is 4.74 Å². The molecule has 3 heteroatoms. The lowest BCUT2D eigenvalue weighted by Crippen LogP contribution is -2.25. The number of hydrogen-bond donors (Lipinski definition) is 0. The van der Waals surface area contributed by atoms with Crippen molar-refractivity contribution in [1.82, 2.24) is 4.90 Å². The van der Waals surface area contributed by atoms with Gasteiger partial charge in [-0.05, 0) is 18.6 Å². The van der Waals surface area contributed by atoms with Crippen molar-refractivity contribution >= 4 is 12.4 Å². The quantitative estimate of drug-likeness (QED) is 0.724. The summed E-state index contributed by atoms with van der Waals surface area (Å²) in [6.07, 6.45) is 4.40. The fourth-order valence-electron chi connectivity index (χ4n) is 1.76. The average Bonchev–Trinajstić information content (AvgIpc) is 2.68. The third kappa shape index (κ3) is 2.49. The molecule has 1 heterocycles. The topological polar surface area (TPSA) is 29.5 Å². The fraction of sp³-hybridized carbons (Fsp3) is 0.308. The number of benzene rings is 1. The molecule has 2 rings (SSSR count). The van der Waals surface area contributed by atoms with Crippen LogP contribution in [-0.2, 0) is 9.53 Å². The van der Waals surface area contributed by atoms with E-state index in [0.29, 0.717) is 0 Å². The summed E-state index contributed by atoms with van der Waals surface area (Å²) >= 11 is 0. The number of aldehydes is 1. The summed E-state index contributed by atoms with van der Waals surface area (Å²) in [5.41, 5.74) is 1.12. The molecule has 0 bridgehead atoms. The van der Waals surface area contributed by atoms with Gasteiger partial charge < -0.3 is 9.64 Å². The lowest BCUT2D eigenvalue weighted by Gasteiger charge is -2.14. The van der Waals surface area contributed by atoms with Crippen molar-refractivity contribution in [3.8, 4) is 0 Å². The third-order valence-corrected chi connectivity index (χ3v) is 2.54. The van der Waals surface area contributed by atoms with Gasteiger partial charge in [-0.3, -0.25) is 4.79 Å². The van der Waals surface area contributed by atoms with Crippen molar-refractivity contribution in [3.63, 3.8) is 0 Å². The van der Waals surface area contributed by atoms with Gasteiger partial charge in [0.2, 0.25) is 0 Å². The van der Waals surface area contributed by atoms with Crippen LogP contribution in [0.4, 0.5) is 0 Å². The number of carbonyl (C=O) groups is 1. The minimum atomic E-state index is -0.435. The Labute approximate surface area is 95.3 Å². The van der Waals surface area contributed by atoms with E-state index < -0.39 is 6.23 Å². The third-order valence-electron chi connectivity index (χ3n) is 2.54. The van der Waals surface area contributed by atoms with Crippen LogP contribution in [0.5, 0.6) is 0 Å². The first-order chi connectivity index (χ1) is 7.79. The minimum absolute atomic E-state index is 0.107. The molecule has 2 atom stereocenters. The molecule has 16 heavy (non-hydrogen) atoms. The molecular formula is C13H15NO2. The molecular weight excluding hydrogens is 202 g/mol. The highest BCUT2D eigenvalue weighted by atomic mass is 16.5. The Morgan fingerprint density at radius 2 is 2.12 bits per heavy atom. The van der Waals surface area contributed by atoms with Crippen molar-refractivity contribution in [1.29, 1.82) is 0 Å². The van der Waals surface area contributed by atoms with Crippen molar-refractivity contribution in [3.05, 3.63) is 42.1 Å². The first-order valence-electron chi connectivity index (χ1n) is 5.39. The molecule has 0 saturated carbocycles. The van der Waals surface area contributed by atoms with Gasteiger partial charge in [-0.2, -0.15) is 0 Å². The van der Waals surface area contributed by atoms with Crippen LogP contribution in [0.15, 0.2) is 36.5 Å². The van der Waals surface area contributed by atoms with E-state index in [1.165, 1.54) is 0 Å². The molecule has 0 radical (unpaired) electrons. The highest BCUT2D eigenvalue weighted by molar-refractivity contribution is 5.57. The van der Waals surface area contributed by atoms with Crippen molar-refractivity contribution in [2.75, 3.05) is 6.54 Å². The highest BCUT2D eigenvalue weighted by Gasteiger charge is 2.26. The van der Waals surface area contributed by atoms with Gasteiger partial charge >= 0.3 is 0 Å². The van der Waals surface area contributed by atoms with Gasteiger partial charge in [0.1, 0.15) is 0 Å². The number of ether oxygens (including phenoxy) is 1. The smallest absolute Gasteiger partial charge is 0.186 e. The number of hydrogen-bond acceptors (Lipinski definition) is 3. The van der Waals surface area contributed by atoms with E-state index in [1.54, 1.807) is 0 Å². The molecule has 1 aliphatic rings. The van der Waals surface area contributed by atoms with Crippen molar-refractivity contribution in [2.45, 2.75) is 19.3 Å². The predicted octanol–water partition coefficient (Wildman–Crippen LogP) is 1.90. The second-order valence-corrected chi connectivity index (χ2v) is 3.90. The average molecular weight is 217 g/mol. The summed E-state index contributed by atoms with van der Waals surface area (Å²) in [4.78, 5) is 12.7. The molecule has 1 aromatic carbocycles. The monoisotopic (exact) mass is 217 g/mol. The van der Waals surface area contributed by atoms with Gasteiger partial charge in [0.05, 0.1) is 6.10 Å². The molecule has 1 aromatic rings. The van der Waals surface area contributed by atoms with E-state index in [1.807, 2.05) is 54.4 Å². The molecule has 84 valence electrons. The summed E-state index contributed by atoms with van der Waals surface area (Å²) in [6.45, 7) is 2.72. The normalized spacial score (nSPS) is 25.2. The Kier molecular flexibility index (Phi) is 3.37. The lowest BCUT2D eigenvalue weighted by molar-refractivity contribution is -0.121. The van der Waals surface area contributed by atoms with E-state index in [2.05, 4.69) is 0 Å². The van der Waals surface area contributed by atoms with E-state index >= 15 is 0 Å². The summed E-state index contributed by atoms with van der Waals surface area (Å²) in [7, 11) is 0. The largest absolute Gasteiger partial charge is 0.346 e. The van der Waals surface area contributed by atoms with Crippen LogP contribution in [0.1, 0.15) is 12.5 Å². The summed E-state index contributed by atoms with van der Waals surface area (Å²) in [5, 5.41) is 0. The van der Waals surface area contributed by atoms with Crippen molar-refractivity contribution in [2.24, 2.45) is 0 Å². The molecule has 0 aromatic heterocycles. The molecule has 1 saturated heterocycles. The number of carbonyl (C=O) groups excluding carboxylic acids is 1. The molecule has 2 unspecified atom stereocenters. The van der Waals surface area contributed by atoms with E-state index in [-0.39, 0.29) is 6.10 Å². The zero-order valence-electron chi connectivity index (χ0n) is 9.24. The Hall–Kier alpha value is -1.61. The zero-order valence-corrected chi connectivity index (χ0v) is 9.24. The van der Waals surface area contributed by atoms with Crippen molar-refractivity contribution < 1.29 is 9.53 Å². The van der Waals surface area contributed by atoms with Crippen LogP contribution < -0.4 is 0 Å². The van der Waals surface area contributed by atoms with Crippen LogP contribution >= 0.6 is 0 Å². The molecule has 0 N–H and O–H groups in total. The minimum Gasteiger partial charge on any atom is -0.346 e. The second-order valence-electron chi connectivity index (χ2n) is 3.90. The molecule has 0 aliphatic carbocycles. The fourth-order valence-corrected chi connectivity index (χ4v) is 1.76. The summed E-state index contributed by atoms with van der Waals surface area (Å²) in [5.74, 6) is 0. The Morgan fingerprint density at radius 3 is 2.81 bits per heavy atom. The van der Waals surface area contributed by atoms with Crippen LogP contribution in [0, 0.1) is 0 Å². The molecule has 1 fully saturated rings. The Balaban J connectivity index is 2.04. The van der Waals surface area contributed by atoms with Crippen LogP contribution in [-0.4, -0.2) is 30.1 Å². The summed E-state index contributed by atoms with van der Waals surface area (Å²) in [6, 6.07) is 9.99. The molecule has 3 nitrogen and oxygen atoms in total. The zero-order chi connectivity index (χ0) is 11.4. The maximum absolute atomic E-state index is 10.8. The van der Waals surface area contributed by atoms with Gasteiger partial charge in [-0.15, -0.1) is 0 Å². The summed E-state index contributed by atoms with van der Waals surface area (Å²) < 4.78 is 5.42. The number of nitrogens with zero attached hydrogens (tertiary/aromatic N) is 1. The van der Waals surface area contributed by atoms with Crippen LogP contribution in [0.3, 0.4) is 0 Å². The first-order valence-corrected chi connectivity index (χ1v) is 5.39. The van der Waals surface area contributed by atoms with Gasteiger partial charge in [0, 0.05) is 12.7 Å². The standard InChI is InChI=1S/C13H15NO2/c1-11-9-14(13(10-15)16-11)8-7-12-5-3-2-4-6-12/h2-8,10-11,13H,9H2,1H3. The first kappa shape index (κ1) is 10.9. The SMILES string of the molecule is CC1CN(C=Cc2ccccc2)C(C=O)O1. The number of rotatable bonds is 3. The maximum atomic E-state index is 10.8. The van der Waals surface area contributed by atoms with Crippen LogP contribution in [0.25, 0.3) is 6.08 Å². The molecule has 0 spiro atoms. The molecule has 1 aliphatic heterocycles. The maximum Gasteiger partial charge on any atom is 0.186 e. The van der Waals surface area contributed by atoms with E-state index in [9.17, 15) is 4.79 Å². The van der Waals surface area contributed by atoms with Gasteiger partial charge in [-0.1, -0.05) is 30.3 Å². The lowest BCUT2D eigenvalue weighted by atomic mass is 10.2.